The van der Waals surface area contributed by atoms with E-state index in [0.29, 0.717) is 5.06 Å². The minimum absolute atomic E-state index is 0.0276. The Morgan fingerprint density at radius 2 is 1.12 bits per heavy atom. The number of hydrogen-bond acceptors (Lipinski definition) is 12. The summed E-state index contributed by atoms with van der Waals surface area (Å²) in [7, 11) is 0. The van der Waals surface area contributed by atoms with Crippen LogP contribution >= 0.6 is 0 Å². The summed E-state index contributed by atoms with van der Waals surface area (Å²) >= 11 is 0. The highest BCUT2D eigenvalue weighted by Gasteiger charge is 2.36. The van der Waals surface area contributed by atoms with Gasteiger partial charge in [-0.2, -0.15) is 5.06 Å². The van der Waals surface area contributed by atoms with Crippen LogP contribution in [-0.2, 0) is 52.7 Å². The number of imide groups is 2. The summed E-state index contributed by atoms with van der Waals surface area (Å²) < 4.78 is 9.52. The fourth-order valence-corrected chi connectivity index (χ4v) is 3.36. The molecule has 0 saturated carbocycles. The molecule has 2 aliphatic heterocycles. The minimum atomic E-state index is -0.962. The first-order valence-electron chi connectivity index (χ1n) is 13.4. The Kier molecular flexibility index (Phi) is 17.7. The topological polar surface area (TPSA) is 211 Å². The van der Waals surface area contributed by atoms with Gasteiger partial charge in [-0.25, -0.2) is 4.79 Å². The van der Waals surface area contributed by atoms with Crippen LogP contribution in [0.15, 0.2) is 25.3 Å². The molecule has 240 valence electrons. The quantitative estimate of drug-likeness (QED) is 0.132. The van der Waals surface area contributed by atoms with Crippen molar-refractivity contribution in [2.45, 2.75) is 66.2 Å². The van der Waals surface area contributed by atoms with Crippen LogP contribution in [0.1, 0.15) is 66.2 Å². The van der Waals surface area contributed by atoms with Gasteiger partial charge in [-0.15, -0.1) is 5.06 Å². The highest BCUT2D eigenvalue weighted by atomic mass is 16.7. The van der Waals surface area contributed by atoms with Gasteiger partial charge in [-0.1, -0.05) is 53.0 Å². The number of nitrogens with zero attached hydrogens (tertiary/aromatic N) is 2. The fourth-order valence-electron chi connectivity index (χ4n) is 3.36. The number of ether oxygens (including phenoxy) is 2. The predicted octanol–water partition coefficient (Wildman–Crippen LogP) is 1.97. The maximum absolute atomic E-state index is 12.0. The number of carbonyl (C=O) groups is 8. The summed E-state index contributed by atoms with van der Waals surface area (Å²) in [5.41, 5.74) is 0. The Hall–Kier alpha value is -4.40. The number of hydrogen-bond donors (Lipinski definition) is 2. The van der Waals surface area contributed by atoms with E-state index in [1.807, 2.05) is 0 Å². The standard InChI is InChI=1S/C14H19NO6.C10H16O4.C4H5NO3/c1-4-7-20-13(18)8-10(9(2)3)14(19)21-15-11(16)5-6-12(15)17;1-4-5-14-9(11)6-8(7(2)3)10(12)13;6-3-1-2-4(7)5(3)8/h4,9-10H,1,5-8H2,2-3H3;4,7-8H,1,5-6H2,2-3H3,(H,12,13);8H,1-2H2/t10-;8-;/m00./s1. The average molecular weight is 613 g/mol. The van der Waals surface area contributed by atoms with Gasteiger partial charge in [0.2, 0.25) is 0 Å². The summed E-state index contributed by atoms with van der Waals surface area (Å²) in [4.78, 5) is 93.5. The third-order valence-corrected chi connectivity index (χ3v) is 5.94. The molecule has 2 aliphatic rings. The van der Waals surface area contributed by atoms with Gasteiger partial charge >= 0.3 is 23.9 Å². The summed E-state index contributed by atoms with van der Waals surface area (Å²) in [6, 6.07) is 0. The van der Waals surface area contributed by atoms with Gasteiger partial charge in [0.05, 0.1) is 24.7 Å². The van der Waals surface area contributed by atoms with Crippen LogP contribution in [0, 0.1) is 23.7 Å². The molecule has 0 aromatic heterocycles. The third kappa shape index (κ3) is 14.4. The molecule has 0 unspecified atom stereocenters. The van der Waals surface area contributed by atoms with Crippen LogP contribution in [0.4, 0.5) is 0 Å². The van der Waals surface area contributed by atoms with Crippen LogP contribution in [0.3, 0.4) is 0 Å². The van der Waals surface area contributed by atoms with E-state index in [1.165, 1.54) is 12.2 Å². The molecular formula is C28H40N2O13. The van der Waals surface area contributed by atoms with Crippen LogP contribution in [0.2, 0.25) is 0 Å². The average Bonchev–Trinajstić information content (AvgIpc) is 3.42. The molecule has 15 nitrogen and oxygen atoms in total. The van der Waals surface area contributed by atoms with Crippen molar-refractivity contribution in [1.29, 1.82) is 0 Å². The van der Waals surface area contributed by atoms with Crippen molar-refractivity contribution in [2.75, 3.05) is 13.2 Å². The number of amides is 4. The molecule has 2 heterocycles. The van der Waals surface area contributed by atoms with E-state index < -0.39 is 59.3 Å². The molecule has 2 atom stereocenters. The first-order valence-corrected chi connectivity index (χ1v) is 13.4. The van der Waals surface area contributed by atoms with Crippen LogP contribution in [0.25, 0.3) is 0 Å². The lowest BCUT2D eigenvalue weighted by molar-refractivity contribution is -0.202. The number of carbonyl (C=O) groups excluding carboxylic acids is 7. The van der Waals surface area contributed by atoms with Crippen molar-refractivity contribution in [3.05, 3.63) is 25.3 Å². The summed E-state index contributed by atoms with van der Waals surface area (Å²) in [6.07, 6.45) is 2.96. The van der Waals surface area contributed by atoms with Gasteiger partial charge < -0.3 is 19.4 Å². The molecule has 2 saturated heterocycles. The highest BCUT2D eigenvalue weighted by molar-refractivity contribution is 6.02. The Morgan fingerprint density at radius 3 is 1.42 bits per heavy atom. The molecule has 0 aliphatic carbocycles. The third-order valence-electron chi connectivity index (χ3n) is 5.94. The van der Waals surface area contributed by atoms with Crippen molar-refractivity contribution >= 4 is 47.5 Å². The van der Waals surface area contributed by atoms with Crippen molar-refractivity contribution in [1.82, 2.24) is 10.1 Å². The zero-order valence-corrected chi connectivity index (χ0v) is 24.8. The zero-order valence-electron chi connectivity index (χ0n) is 24.8. The lowest BCUT2D eigenvalue weighted by Crippen LogP contribution is -2.36. The fraction of sp³-hybridized carbons (Fsp3) is 0.571. The molecule has 0 radical (unpaired) electrons. The zero-order chi connectivity index (χ0) is 33.3. The van der Waals surface area contributed by atoms with Crippen LogP contribution in [-0.4, -0.2) is 81.2 Å². The van der Waals surface area contributed by atoms with E-state index in [0.717, 1.165) is 0 Å². The number of rotatable bonds is 13. The maximum Gasteiger partial charge on any atom is 0.337 e. The van der Waals surface area contributed by atoms with E-state index in [-0.39, 0.29) is 68.6 Å². The molecule has 15 heteroatoms. The first-order chi connectivity index (χ1) is 20.1. The van der Waals surface area contributed by atoms with Crippen LogP contribution in [0.5, 0.6) is 0 Å². The smallest absolute Gasteiger partial charge is 0.337 e. The van der Waals surface area contributed by atoms with Crippen molar-refractivity contribution < 1.29 is 63.0 Å². The van der Waals surface area contributed by atoms with Crippen molar-refractivity contribution in [3.63, 3.8) is 0 Å². The van der Waals surface area contributed by atoms with Gasteiger partial charge in [0.15, 0.2) is 0 Å². The maximum atomic E-state index is 12.0. The second kappa shape index (κ2) is 19.7. The lowest BCUT2D eigenvalue weighted by atomic mass is 9.93. The molecule has 0 spiro atoms. The van der Waals surface area contributed by atoms with Crippen molar-refractivity contribution in [2.24, 2.45) is 23.7 Å². The Morgan fingerprint density at radius 1 is 0.744 bits per heavy atom. The Labute approximate surface area is 249 Å². The van der Waals surface area contributed by atoms with E-state index in [1.54, 1.807) is 27.7 Å². The van der Waals surface area contributed by atoms with E-state index >= 15 is 0 Å². The molecule has 2 N–H and O–H groups in total. The molecule has 2 fully saturated rings. The van der Waals surface area contributed by atoms with Gasteiger partial charge in [0, 0.05) is 25.7 Å². The summed E-state index contributed by atoms with van der Waals surface area (Å²) in [5.74, 6) is -6.67. The number of esters is 2. The Bertz CT molecular complexity index is 1030. The summed E-state index contributed by atoms with van der Waals surface area (Å²) in [5, 5.41) is 17.8. The molecule has 2 rings (SSSR count). The lowest BCUT2D eigenvalue weighted by Gasteiger charge is -2.20. The molecule has 0 aromatic carbocycles. The largest absolute Gasteiger partial charge is 0.481 e. The van der Waals surface area contributed by atoms with E-state index in [4.69, 9.17) is 24.6 Å². The highest BCUT2D eigenvalue weighted by Crippen LogP contribution is 2.21. The van der Waals surface area contributed by atoms with Crippen LogP contribution < -0.4 is 0 Å². The van der Waals surface area contributed by atoms with Crippen molar-refractivity contribution in [3.8, 4) is 0 Å². The molecule has 43 heavy (non-hydrogen) atoms. The monoisotopic (exact) mass is 612 g/mol. The van der Waals surface area contributed by atoms with Gasteiger partial charge in [-0.05, 0) is 11.8 Å². The number of hydroxylamine groups is 4. The van der Waals surface area contributed by atoms with Gasteiger partial charge in [0.1, 0.15) is 13.2 Å². The normalized spacial score (nSPS) is 15.6. The minimum Gasteiger partial charge on any atom is -0.481 e. The number of carboxylic acids is 1. The first kappa shape index (κ1) is 38.6. The number of carboxylic acid groups (broad SMARTS) is 1. The summed E-state index contributed by atoms with van der Waals surface area (Å²) in [6.45, 7) is 14.0. The van der Waals surface area contributed by atoms with Gasteiger partial charge in [-0.3, -0.25) is 38.8 Å². The second-order valence-corrected chi connectivity index (χ2v) is 9.98. The second-order valence-electron chi connectivity index (χ2n) is 9.98. The molecule has 0 bridgehead atoms. The predicted molar refractivity (Wildman–Crippen MR) is 146 cm³/mol. The SMILES string of the molecule is C=CCOC(=O)C[C@H](C(=O)O)C(C)C.C=CCOC(=O)C[C@H](C(=O)ON1C(=O)CCC1=O)C(C)C.O=C1CCC(=O)N1O. The Balaban J connectivity index is 0.000000685. The molecular weight excluding hydrogens is 572 g/mol. The molecule has 4 amide bonds. The van der Waals surface area contributed by atoms with E-state index in [9.17, 15) is 38.4 Å². The van der Waals surface area contributed by atoms with E-state index in [2.05, 4.69) is 13.2 Å². The number of aliphatic carboxylic acids is 1. The van der Waals surface area contributed by atoms with Gasteiger partial charge in [0.25, 0.3) is 23.6 Å². The molecule has 0 aromatic rings.